The molecule has 3 nitrogen and oxygen atoms in total. The predicted molar refractivity (Wildman–Crippen MR) is 61.3 cm³/mol. The van der Waals surface area contributed by atoms with Crippen LogP contribution >= 0.6 is 11.6 Å². The van der Waals surface area contributed by atoms with Crippen LogP contribution in [0.25, 0.3) is 5.69 Å². The van der Waals surface area contributed by atoms with Crippen LogP contribution in [0.3, 0.4) is 0 Å². The van der Waals surface area contributed by atoms with E-state index < -0.39 is 5.82 Å². The van der Waals surface area contributed by atoms with Gasteiger partial charge in [-0.25, -0.2) is 9.07 Å². The van der Waals surface area contributed by atoms with Crippen LogP contribution < -0.4 is 5.32 Å². The van der Waals surface area contributed by atoms with E-state index in [0.29, 0.717) is 5.69 Å². The van der Waals surface area contributed by atoms with E-state index >= 15 is 0 Å². The number of benzene rings is 1. The second kappa shape index (κ2) is 4.63. The van der Waals surface area contributed by atoms with E-state index in [2.05, 4.69) is 10.4 Å². The van der Waals surface area contributed by atoms with E-state index in [1.54, 1.807) is 16.9 Å². The van der Waals surface area contributed by atoms with Crippen molar-refractivity contribution in [3.05, 3.63) is 47.0 Å². The molecule has 0 bridgehead atoms. The number of halogens is 2. The van der Waals surface area contributed by atoms with E-state index in [9.17, 15) is 4.39 Å². The molecule has 0 atom stereocenters. The number of hydrogen-bond donors (Lipinski definition) is 1. The van der Waals surface area contributed by atoms with Gasteiger partial charge in [0.15, 0.2) is 0 Å². The summed E-state index contributed by atoms with van der Waals surface area (Å²) in [7, 11) is 1.86. The Hall–Kier alpha value is -1.39. The monoisotopic (exact) mass is 239 g/mol. The standard InChI is InChI=1S/C11H11ClFN3/c1-14-5-8-6-15-16(7-8)9-2-3-10(12)11(13)4-9/h2-4,6-7,14H,5H2,1H3. The Morgan fingerprint density at radius 1 is 1.50 bits per heavy atom. The molecule has 0 aliphatic heterocycles. The molecule has 1 N–H and O–H groups in total. The third-order valence-corrected chi connectivity index (χ3v) is 2.49. The summed E-state index contributed by atoms with van der Waals surface area (Å²) >= 11 is 5.61. The smallest absolute Gasteiger partial charge is 0.143 e. The third-order valence-electron chi connectivity index (χ3n) is 2.18. The van der Waals surface area contributed by atoms with Crippen molar-refractivity contribution in [3.8, 4) is 5.69 Å². The first-order valence-electron chi connectivity index (χ1n) is 4.84. The van der Waals surface area contributed by atoms with Crippen LogP contribution in [0.4, 0.5) is 4.39 Å². The van der Waals surface area contributed by atoms with E-state index in [1.807, 2.05) is 13.2 Å². The molecule has 5 heteroatoms. The molecule has 1 aromatic carbocycles. The van der Waals surface area contributed by atoms with Gasteiger partial charge >= 0.3 is 0 Å². The lowest BCUT2D eigenvalue weighted by atomic mass is 10.3. The summed E-state index contributed by atoms with van der Waals surface area (Å²) in [6.07, 6.45) is 3.59. The SMILES string of the molecule is CNCc1cnn(-c2ccc(Cl)c(F)c2)c1. The molecule has 2 aromatic rings. The molecule has 2 rings (SSSR count). The van der Waals surface area contributed by atoms with Gasteiger partial charge in [0.2, 0.25) is 0 Å². The van der Waals surface area contributed by atoms with Crippen molar-refractivity contribution in [2.24, 2.45) is 0 Å². The minimum Gasteiger partial charge on any atom is -0.316 e. The van der Waals surface area contributed by atoms with Crippen molar-refractivity contribution in [2.45, 2.75) is 6.54 Å². The first-order chi connectivity index (χ1) is 7.70. The third kappa shape index (κ3) is 2.23. The summed E-state index contributed by atoms with van der Waals surface area (Å²) in [5, 5.41) is 7.28. The average molecular weight is 240 g/mol. The molecule has 0 radical (unpaired) electrons. The van der Waals surface area contributed by atoms with Gasteiger partial charge in [0.25, 0.3) is 0 Å². The van der Waals surface area contributed by atoms with Crippen molar-refractivity contribution in [2.75, 3.05) is 7.05 Å². The van der Waals surface area contributed by atoms with Crippen LogP contribution in [-0.4, -0.2) is 16.8 Å². The summed E-state index contributed by atoms with van der Waals surface area (Å²) in [5.41, 5.74) is 1.70. The molecule has 1 heterocycles. The molecule has 0 saturated heterocycles. The zero-order valence-electron chi connectivity index (χ0n) is 8.74. The van der Waals surface area contributed by atoms with Crippen LogP contribution in [0.1, 0.15) is 5.56 Å². The highest BCUT2D eigenvalue weighted by atomic mass is 35.5. The van der Waals surface area contributed by atoms with Gasteiger partial charge in [0.05, 0.1) is 16.9 Å². The van der Waals surface area contributed by atoms with Crippen LogP contribution in [0, 0.1) is 5.82 Å². The number of rotatable bonds is 3. The lowest BCUT2D eigenvalue weighted by Crippen LogP contribution is -2.03. The van der Waals surface area contributed by atoms with Crippen molar-refractivity contribution in [3.63, 3.8) is 0 Å². The Morgan fingerprint density at radius 3 is 3.00 bits per heavy atom. The Balaban J connectivity index is 2.31. The molecule has 0 aliphatic rings. The van der Waals surface area contributed by atoms with Gasteiger partial charge in [0, 0.05) is 24.4 Å². The zero-order chi connectivity index (χ0) is 11.5. The molecule has 0 saturated carbocycles. The first kappa shape index (κ1) is 11.1. The first-order valence-corrected chi connectivity index (χ1v) is 5.22. The fourth-order valence-electron chi connectivity index (χ4n) is 1.42. The molecule has 0 aliphatic carbocycles. The largest absolute Gasteiger partial charge is 0.316 e. The van der Waals surface area contributed by atoms with Gasteiger partial charge in [-0.2, -0.15) is 5.10 Å². The molecule has 16 heavy (non-hydrogen) atoms. The van der Waals surface area contributed by atoms with Crippen LogP contribution in [0.15, 0.2) is 30.6 Å². The molecule has 0 amide bonds. The highest BCUT2D eigenvalue weighted by Gasteiger charge is 2.04. The molecular weight excluding hydrogens is 229 g/mol. The number of nitrogens with one attached hydrogen (secondary N) is 1. The summed E-state index contributed by atoms with van der Waals surface area (Å²) in [5.74, 6) is -0.440. The van der Waals surface area contributed by atoms with Gasteiger partial charge in [-0.15, -0.1) is 0 Å². The topological polar surface area (TPSA) is 29.9 Å². The highest BCUT2D eigenvalue weighted by molar-refractivity contribution is 6.30. The maximum atomic E-state index is 13.2. The van der Waals surface area contributed by atoms with Crippen molar-refractivity contribution >= 4 is 11.6 Å². The maximum Gasteiger partial charge on any atom is 0.143 e. The fraction of sp³-hybridized carbons (Fsp3) is 0.182. The zero-order valence-corrected chi connectivity index (χ0v) is 9.50. The normalized spacial score (nSPS) is 10.7. The second-order valence-corrected chi connectivity index (χ2v) is 3.83. The van der Waals surface area contributed by atoms with Gasteiger partial charge < -0.3 is 5.32 Å². The maximum absolute atomic E-state index is 13.2. The van der Waals surface area contributed by atoms with Gasteiger partial charge in [0.1, 0.15) is 5.82 Å². The van der Waals surface area contributed by atoms with E-state index in [4.69, 9.17) is 11.6 Å². The summed E-state index contributed by atoms with van der Waals surface area (Å²) < 4.78 is 14.9. The van der Waals surface area contributed by atoms with Gasteiger partial charge in [-0.3, -0.25) is 0 Å². The molecule has 0 spiro atoms. The summed E-state index contributed by atoms with van der Waals surface area (Å²) in [4.78, 5) is 0. The minimum absolute atomic E-state index is 0.117. The molecule has 84 valence electrons. The van der Waals surface area contributed by atoms with Crippen molar-refractivity contribution < 1.29 is 4.39 Å². The van der Waals surface area contributed by atoms with Gasteiger partial charge in [-0.05, 0) is 19.2 Å². The lowest BCUT2D eigenvalue weighted by Gasteiger charge is -2.01. The Morgan fingerprint density at radius 2 is 2.31 bits per heavy atom. The van der Waals surface area contributed by atoms with Gasteiger partial charge in [-0.1, -0.05) is 11.6 Å². The summed E-state index contributed by atoms with van der Waals surface area (Å²) in [6, 6.07) is 4.60. The van der Waals surface area contributed by atoms with E-state index in [-0.39, 0.29) is 5.02 Å². The van der Waals surface area contributed by atoms with Crippen LogP contribution in [0.5, 0.6) is 0 Å². The Bertz CT molecular complexity index is 496. The lowest BCUT2D eigenvalue weighted by molar-refractivity contribution is 0.626. The second-order valence-electron chi connectivity index (χ2n) is 3.42. The molecule has 0 unspecified atom stereocenters. The number of aromatic nitrogens is 2. The Kier molecular flexibility index (Phi) is 3.22. The Labute approximate surface area is 97.8 Å². The fourth-order valence-corrected chi connectivity index (χ4v) is 1.54. The number of hydrogen-bond acceptors (Lipinski definition) is 2. The van der Waals surface area contributed by atoms with Crippen molar-refractivity contribution in [1.29, 1.82) is 0 Å². The highest BCUT2D eigenvalue weighted by Crippen LogP contribution is 2.18. The number of nitrogens with zero attached hydrogens (tertiary/aromatic N) is 2. The van der Waals surface area contributed by atoms with E-state index in [0.717, 1.165) is 12.1 Å². The van der Waals surface area contributed by atoms with Crippen LogP contribution in [0.2, 0.25) is 5.02 Å². The molecule has 1 aromatic heterocycles. The predicted octanol–water partition coefficient (Wildman–Crippen LogP) is 2.38. The quantitative estimate of drug-likeness (QED) is 0.891. The molecule has 0 fully saturated rings. The average Bonchev–Trinajstić information content (AvgIpc) is 2.71. The molecular formula is C11H11ClFN3. The summed E-state index contributed by atoms with van der Waals surface area (Å²) in [6.45, 7) is 0.732. The minimum atomic E-state index is -0.440. The van der Waals surface area contributed by atoms with Crippen molar-refractivity contribution in [1.82, 2.24) is 15.1 Å². The van der Waals surface area contributed by atoms with Crippen LogP contribution in [-0.2, 0) is 6.54 Å². The van der Waals surface area contributed by atoms with E-state index in [1.165, 1.54) is 12.1 Å².